The van der Waals surface area contributed by atoms with Crippen molar-refractivity contribution in [1.29, 1.82) is 0 Å². The number of carbonyl (C=O) groups is 3. The number of ether oxygens (including phenoxy) is 1. The molecule has 2 aliphatic heterocycles. The number of hydrogen-bond acceptors (Lipinski definition) is 5. The average Bonchev–Trinajstić information content (AvgIpc) is 3.00. The van der Waals surface area contributed by atoms with Crippen molar-refractivity contribution in [3.63, 3.8) is 0 Å². The van der Waals surface area contributed by atoms with E-state index in [1.54, 1.807) is 24.3 Å². The first-order chi connectivity index (χ1) is 14.1. The first kappa shape index (κ1) is 19.3. The van der Waals surface area contributed by atoms with Crippen molar-refractivity contribution in [2.24, 2.45) is 0 Å². The van der Waals surface area contributed by atoms with Crippen LogP contribution in [0.5, 0.6) is 0 Å². The Labute approximate surface area is 169 Å². The maximum absolute atomic E-state index is 12.8. The highest BCUT2D eigenvalue weighted by Crippen LogP contribution is 2.22. The molecular formula is C22H23N3O4. The van der Waals surface area contributed by atoms with Gasteiger partial charge >= 0.3 is 0 Å². The SMILES string of the molecule is O=C(CN1C(=O)c2ccccc2C1=O)N[C@H](CN1CCOCC1)c1ccccc1. The van der Waals surface area contributed by atoms with E-state index in [0.717, 1.165) is 23.6 Å². The maximum Gasteiger partial charge on any atom is 0.262 e. The molecule has 0 aromatic heterocycles. The van der Waals surface area contributed by atoms with Crippen LogP contribution in [0.1, 0.15) is 32.3 Å². The van der Waals surface area contributed by atoms with E-state index in [4.69, 9.17) is 4.74 Å². The number of nitrogens with one attached hydrogen (secondary N) is 1. The average molecular weight is 393 g/mol. The van der Waals surface area contributed by atoms with Gasteiger partial charge in [-0.2, -0.15) is 0 Å². The first-order valence-corrected chi connectivity index (χ1v) is 9.73. The van der Waals surface area contributed by atoms with E-state index >= 15 is 0 Å². The summed E-state index contributed by atoms with van der Waals surface area (Å²) in [6.07, 6.45) is 0. The van der Waals surface area contributed by atoms with Gasteiger partial charge in [0.25, 0.3) is 11.8 Å². The van der Waals surface area contributed by atoms with Crippen LogP contribution in [0.15, 0.2) is 54.6 Å². The summed E-state index contributed by atoms with van der Waals surface area (Å²) in [5, 5.41) is 3.01. The lowest BCUT2D eigenvalue weighted by Gasteiger charge is -2.31. The summed E-state index contributed by atoms with van der Waals surface area (Å²) in [6, 6.07) is 16.1. The Morgan fingerprint density at radius 1 is 0.931 bits per heavy atom. The monoisotopic (exact) mass is 393 g/mol. The second-order valence-corrected chi connectivity index (χ2v) is 7.19. The van der Waals surface area contributed by atoms with Crippen LogP contribution in [0.25, 0.3) is 0 Å². The molecule has 7 heteroatoms. The van der Waals surface area contributed by atoms with Crippen molar-refractivity contribution in [3.05, 3.63) is 71.3 Å². The molecular weight excluding hydrogens is 370 g/mol. The predicted molar refractivity (Wildman–Crippen MR) is 106 cm³/mol. The molecule has 29 heavy (non-hydrogen) atoms. The molecule has 0 spiro atoms. The minimum atomic E-state index is -0.426. The van der Waals surface area contributed by atoms with Crippen LogP contribution in [0.2, 0.25) is 0 Å². The molecule has 1 N–H and O–H groups in total. The summed E-state index contributed by atoms with van der Waals surface area (Å²) in [4.78, 5) is 41.1. The summed E-state index contributed by atoms with van der Waals surface area (Å²) in [5.74, 6) is -1.21. The zero-order valence-electron chi connectivity index (χ0n) is 16.0. The molecule has 2 aromatic rings. The maximum atomic E-state index is 12.8. The van der Waals surface area contributed by atoms with Gasteiger partial charge in [-0.1, -0.05) is 42.5 Å². The van der Waals surface area contributed by atoms with Crippen molar-refractivity contribution in [3.8, 4) is 0 Å². The second-order valence-electron chi connectivity index (χ2n) is 7.19. The molecule has 2 heterocycles. The molecule has 2 aliphatic rings. The number of morpholine rings is 1. The van der Waals surface area contributed by atoms with E-state index in [2.05, 4.69) is 10.2 Å². The van der Waals surface area contributed by atoms with Crippen molar-refractivity contribution < 1.29 is 19.1 Å². The lowest BCUT2D eigenvalue weighted by Crippen LogP contribution is -2.46. The normalized spacial score (nSPS) is 17.9. The molecule has 0 aliphatic carbocycles. The third-order valence-electron chi connectivity index (χ3n) is 5.26. The number of carbonyl (C=O) groups excluding carboxylic acids is 3. The van der Waals surface area contributed by atoms with Gasteiger partial charge in [-0.25, -0.2) is 0 Å². The number of imide groups is 1. The molecule has 0 saturated carbocycles. The van der Waals surface area contributed by atoms with Gasteiger partial charge in [0.05, 0.1) is 30.4 Å². The van der Waals surface area contributed by atoms with Gasteiger partial charge in [0, 0.05) is 19.6 Å². The minimum absolute atomic E-state index is 0.239. The molecule has 0 bridgehead atoms. The highest BCUT2D eigenvalue weighted by molar-refractivity contribution is 6.22. The fourth-order valence-electron chi connectivity index (χ4n) is 3.73. The van der Waals surface area contributed by atoms with Crippen LogP contribution in [0.3, 0.4) is 0 Å². The fourth-order valence-corrected chi connectivity index (χ4v) is 3.73. The van der Waals surface area contributed by atoms with Gasteiger partial charge in [-0.15, -0.1) is 0 Å². The van der Waals surface area contributed by atoms with E-state index in [1.807, 2.05) is 30.3 Å². The Morgan fingerprint density at radius 3 is 2.14 bits per heavy atom. The molecule has 0 unspecified atom stereocenters. The van der Waals surface area contributed by atoms with Crippen LogP contribution in [-0.2, 0) is 9.53 Å². The quantitative estimate of drug-likeness (QED) is 0.752. The Bertz CT molecular complexity index is 874. The number of hydrogen-bond donors (Lipinski definition) is 1. The number of rotatable bonds is 6. The van der Waals surface area contributed by atoms with Crippen LogP contribution >= 0.6 is 0 Å². The molecule has 150 valence electrons. The van der Waals surface area contributed by atoms with Crippen LogP contribution in [0.4, 0.5) is 0 Å². The Kier molecular flexibility index (Phi) is 5.69. The highest BCUT2D eigenvalue weighted by atomic mass is 16.5. The molecule has 1 atom stereocenters. The number of nitrogens with zero attached hydrogens (tertiary/aromatic N) is 2. The van der Waals surface area contributed by atoms with E-state index in [-0.39, 0.29) is 18.5 Å². The zero-order valence-corrected chi connectivity index (χ0v) is 16.0. The lowest BCUT2D eigenvalue weighted by molar-refractivity contribution is -0.122. The van der Waals surface area contributed by atoms with Crippen LogP contribution in [0, 0.1) is 0 Å². The molecule has 0 radical (unpaired) electrons. The fraction of sp³-hybridized carbons (Fsp3) is 0.318. The third-order valence-corrected chi connectivity index (χ3v) is 5.26. The molecule has 4 rings (SSSR count). The van der Waals surface area contributed by atoms with Gasteiger partial charge in [0.1, 0.15) is 6.54 Å². The van der Waals surface area contributed by atoms with Crippen molar-refractivity contribution in [2.75, 3.05) is 39.4 Å². The molecule has 1 saturated heterocycles. The smallest absolute Gasteiger partial charge is 0.262 e. The Morgan fingerprint density at radius 2 is 1.52 bits per heavy atom. The van der Waals surface area contributed by atoms with E-state index in [1.165, 1.54) is 0 Å². The molecule has 3 amide bonds. The lowest BCUT2D eigenvalue weighted by atomic mass is 10.1. The number of benzene rings is 2. The zero-order chi connectivity index (χ0) is 20.2. The van der Waals surface area contributed by atoms with E-state index in [0.29, 0.717) is 30.9 Å². The molecule has 2 aromatic carbocycles. The van der Waals surface area contributed by atoms with Gasteiger partial charge in [0.2, 0.25) is 5.91 Å². The predicted octanol–water partition coefficient (Wildman–Crippen LogP) is 1.47. The minimum Gasteiger partial charge on any atom is -0.379 e. The van der Waals surface area contributed by atoms with Crippen LogP contribution < -0.4 is 5.32 Å². The summed E-state index contributed by atoms with van der Waals surface area (Å²) >= 11 is 0. The van der Waals surface area contributed by atoms with Gasteiger partial charge in [-0.05, 0) is 17.7 Å². The van der Waals surface area contributed by atoms with Crippen molar-refractivity contribution in [2.45, 2.75) is 6.04 Å². The largest absolute Gasteiger partial charge is 0.379 e. The van der Waals surface area contributed by atoms with Crippen molar-refractivity contribution in [1.82, 2.24) is 15.1 Å². The summed E-state index contributed by atoms with van der Waals surface area (Å²) in [5.41, 5.74) is 1.67. The third kappa shape index (κ3) is 4.21. The van der Waals surface area contributed by atoms with Gasteiger partial charge in [-0.3, -0.25) is 24.2 Å². The highest BCUT2D eigenvalue weighted by Gasteiger charge is 2.36. The van der Waals surface area contributed by atoms with E-state index in [9.17, 15) is 14.4 Å². The van der Waals surface area contributed by atoms with Crippen LogP contribution in [-0.4, -0.2) is 66.9 Å². The van der Waals surface area contributed by atoms with Gasteiger partial charge < -0.3 is 10.1 Å². The Hall–Kier alpha value is -3.03. The number of fused-ring (bicyclic) bond motifs is 1. The standard InChI is InChI=1S/C22H23N3O4/c26-20(15-25-21(27)17-8-4-5-9-18(17)22(25)28)23-19(16-6-2-1-3-7-16)14-24-10-12-29-13-11-24/h1-9,19H,10-15H2,(H,23,26)/t19-/m1/s1. The first-order valence-electron chi connectivity index (χ1n) is 9.73. The van der Waals surface area contributed by atoms with E-state index < -0.39 is 11.8 Å². The Balaban J connectivity index is 1.45. The molecule has 7 nitrogen and oxygen atoms in total. The van der Waals surface area contributed by atoms with Crippen molar-refractivity contribution >= 4 is 17.7 Å². The van der Waals surface area contributed by atoms with Gasteiger partial charge in [0.15, 0.2) is 0 Å². The second kappa shape index (κ2) is 8.55. The summed E-state index contributed by atoms with van der Waals surface area (Å²) < 4.78 is 5.40. The summed E-state index contributed by atoms with van der Waals surface area (Å²) in [7, 11) is 0. The topological polar surface area (TPSA) is 79.0 Å². The summed E-state index contributed by atoms with van der Waals surface area (Å²) in [6.45, 7) is 3.30. The molecule has 1 fully saturated rings. The number of amides is 3.